The first-order valence-electron chi connectivity index (χ1n) is 25.8. The van der Waals surface area contributed by atoms with Crippen LogP contribution in [0, 0.1) is 24.7 Å². The SMILES string of the molecule is C1=CCC([PH+](c2ccccc2)c2cc3c4ccccc4n(-c4ccccc4)c3cc2[PH+](c2ccccc2)c2ccccc2)C=C1.[Au+].[Au+].[C-]#Cc1ccc2c(c1)-c1ccccc1C2.[C-]#Cc1ccc2c(c1)Cc1ccccc1-2. The van der Waals surface area contributed by atoms with Gasteiger partial charge in [-0.25, -0.2) is 0 Å². The molecular weight excluding hydrogens is 1330 g/mol. The Morgan fingerprint density at radius 1 is 0.403 bits per heavy atom. The molecule has 10 aromatic carbocycles. The molecule has 1 heterocycles. The van der Waals surface area contributed by atoms with E-state index in [-0.39, 0.29) is 44.8 Å². The van der Waals surface area contributed by atoms with Gasteiger partial charge < -0.3 is 17.4 Å². The van der Waals surface area contributed by atoms with Gasteiger partial charge in [0.1, 0.15) is 29.1 Å². The molecule has 0 saturated carbocycles. The molecular formula is C72H53Au2NP2+2. The quantitative estimate of drug-likeness (QED) is 0.0649. The topological polar surface area (TPSA) is 4.93 Å². The van der Waals surface area contributed by atoms with E-state index < -0.39 is 15.8 Å². The predicted molar refractivity (Wildman–Crippen MR) is 323 cm³/mol. The van der Waals surface area contributed by atoms with Crippen molar-refractivity contribution in [2.45, 2.75) is 24.9 Å². The van der Waals surface area contributed by atoms with Gasteiger partial charge in [-0.05, 0) is 119 Å². The van der Waals surface area contributed by atoms with Gasteiger partial charge in [-0.2, -0.15) is 0 Å². The van der Waals surface area contributed by atoms with E-state index in [9.17, 15) is 0 Å². The number of allylic oxidation sites excluding steroid dienone is 4. The predicted octanol–water partition coefficient (Wildman–Crippen LogP) is 14.7. The molecule has 14 rings (SSSR count). The molecule has 0 spiro atoms. The third kappa shape index (κ3) is 11.0. The summed E-state index contributed by atoms with van der Waals surface area (Å²) in [7, 11) is -2.58. The number of benzene rings is 10. The van der Waals surface area contributed by atoms with Crippen LogP contribution < -0.4 is 26.5 Å². The van der Waals surface area contributed by atoms with Crippen molar-refractivity contribution in [2.75, 3.05) is 0 Å². The van der Waals surface area contributed by atoms with Crippen molar-refractivity contribution in [1.29, 1.82) is 0 Å². The Hall–Kier alpha value is -7.06. The molecule has 1 nitrogen and oxygen atoms in total. The largest absolute Gasteiger partial charge is 1.00 e. The molecule has 2 unspecified atom stereocenters. The van der Waals surface area contributed by atoms with Gasteiger partial charge in [0.15, 0.2) is 0 Å². The molecule has 376 valence electrons. The minimum absolute atomic E-state index is 0. The van der Waals surface area contributed by atoms with E-state index in [1.54, 1.807) is 5.30 Å². The molecule has 1 aromatic heterocycles. The monoisotopic (exact) mass is 1390 g/mol. The normalized spacial score (nSPS) is 13.4. The van der Waals surface area contributed by atoms with E-state index >= 15 is 0 Å². The Morgan fingerprint density at radius 2 is 0.922 bits per heavy atom. The van der Waals surface area contributed by atoms with E-state index in [0.717, 1.165) is 30.4 Å². The molecule has 3 aliphatic rings. The Labute approximate surface area is 487 Å². The summed E-state index contributed by atoms with van der Waals surface area (Å²) in [5.74, 6) is 4.87. The first-order chi connectivity index (χ1) is 37.1. The third-order valence-corrected chi connectivity index (χ3v) is 21.0. The number of hydrogen-bond acceptors (Lipinski definition) is 0. The van der Waals surface area contributed by atoms with Gasteiger partial charge in [0.25, 0.3) is 0 Å². The van der Waals surface area contributed by atoms with Crippen LogP contribution in [-0.4, -0.2) is 10.2 Å². The van der Waals surface area contributed by atoms with E-state index in [0.29, 0.717) is 5.66 Å². The zero-order valence-electron chi connectivity index (χ0n) is 42.2. The van der Waals surface area contributed by atoms with Crippen molar-refractivity contribution in [3.05, 3.63) is 313 Å². The van der Waals surface area contributed by atoms with Gasteiger partial charge in [0.2, 0.25) is 0 Å². The van der Waals surface area contributed by atoms with E-state index in [2.05, 4.69) is 265 Å². The zero-order valence-corrected chi connectivity index (χ0v) is 48.5. The molecule has 0 fully saturated rings. The number of rotatable bonds is 7. The average molecular weight is 1390 g/mol. The summed E-state index contributed by atoms with van der Waals surface area (Å²) in [6, 6.07) is 88.0. The zero-order chi connectivity index (χ0) is 50.5. The van der Waals surface area contributed by atoms with E-state index in [4.69, 9.17) is 12.8 Å². The molecule has 77 heavy (non-hydrogen) atoms. The molecule has 0 bridgehead atoms. The minimum Gasteiger partial charge on any atom is -0.366 e. The second-order valence-corrected chi connectivity index (χ2v) is 24.4. The van der Waals surface area contributed by atoms with Crippen molar-refractivity contribution >= 4 is 64.2 Å². The van der Waals surface area contributed by atoms with Crippen molar-refractivity contribution in [3.63, 3.8) is 0 Å². The average Bonchev–Trinajstić information content (AvgIpc) is 4.35. The number of para-hydroxylation sites is 2. The van der Waals surface area contributed by atoms with Crippen molar-refractivity contribution in [1.82, 2.24) is 4.57 Å². The maximum Gasteiger partial charge on any atom is 1.00 e. The summed E-state index contributed by atoms with van der Waals surface area (Å²) in [5.41, 5.74) is 16.6. The van der Waals surface area contributed by atoms with Gasteiger partial charge in [0, 0.05) is 28.9 Å². The Bertz CT molecular complexity index is 3980. The van der Waals surface area contributed by atoms with Crippen LogP contribution in [0.4, 0.5) is 0 Å². The fraction of sp³-hybridized carbons (Fsp3) is 0.0556. The summed E-state index contributed by atoms with van der Waals surface area (Å²) in [5, 5.41) is 10.0. The van der Waals surface area contributed by atoms with Gasteiger partial charge in [-0.1, -0.05) is 175 Å². The maximum absolute atomic E-state index is 7.14. The fourth-order valence-electron chi connectivity index (χ4n) is 11.4. The second-order valence-electron chi connectivity index (χ2n) is 19.3. The molecule has 0 saturated heterocycles. The maximum atomic E-state index is 7.14. The molecule has 2 atom stereocenters. The molecule has 0 N–H and O–H groups in total. The molecule has 0 radical (unpaired) electrons. The summed E-state index contributed by atoms with van der Waals surface area (Å²) < 4.78 is 2.48. The smallest absolute Gasteiger partial charge is 0.366 e. The Morgan fingerprint density at radius 3 is 1.56 bits per heavy atom. The van der Waals surface area contributed by atoms with Gasteiger partial charge in [0.05, 0.1) is 29.9 Å². The van der Waals surface area contributed by atoms with Crippen molar-refractivity contribution < 1.29 is 44.8 Å². The molecule has 3 aliphatic carbocycles. The van der Waals surface area contributed by atoms with Gasteiger partial charge >= 0.3 is 44.8 Å². The Balaban J connectivity index is 0.000000170. The van der Waals surface area contributed by atoms with Crippen LogP contribution in [-0.2, 0) is 57.6 Å². The standard InChI is InChI=1S/C42H33NP2.2C15H9.2Au/c1-6-18-32(19-7-1)43-39-29-17-16-28-37(39)38-30-41(44(33-20-8-2-9-21-33)34-22-10-3-11-23-34)42(31-40(38)43)45(35-24-12-4-13-25-35)36-26-14-5-15-27-36;1-2-11-7-8-15-13(9-11)10-12-5-3-4-6-14(12)15;1-2-11-7-8-13-10-12-5-3-4-6-14(12)15(13)9-11;;/h1-22,24-31,34H,23H2;2*3-9H,10H2;;/q;2*-1;2*+1/p+2. The number of aromatic nitrogens is 1. The van der Waals surface area contributed by atoms with Crippen LogP contribution in [0.2, 0.25) is 0 Å². The Kier molecular flexibility index (Phi) is 17.0. The first kappa shape index (κ1) is 53.3. The summed E-state index contributed by atoms with van der Waals surface area (Å²) in [6.07, 6.45) is 26.6. The number of hydrogen-bond donors (Lipinski definition) is 0. The summed E-state index contributed by atoms with van der Waals surface area (Å²) >= 11 is 0. The van der Waals surface area contributed by atoms with Crippen LogP contribution in [0.15, 0.2) is 267 Å². The first-order valence-corrected chi connectivity index (χ1v) is 28.9. The van der Waals surface area contributed by atoms with Gasteiger partial charge in [-0.3, -0.25) is 11.8 Å². The minimum atomic E-state index is -1.35. The summed E-state index contributed by atoms with van der Waals surface area (Å²) in [6.45, 7) is 0. The fourth-order valence-corrected chi connectivity index (χ4v) is 17.8. The van der Waals surface area contributed by atoms with Crippen LogP contribution in [0.3, 0.4) is 0 Å². The van der Waals surface area contributed by atoms with Crippen molar-refractivity contribution in [3.8, 4) is 39.8 Å². The molecule has 11 aromatic rings. The number of fused-ring (bicyclic) bond motifs is 9. The van der Waals surface area contributed by atoms with Crippen LogP contribution >= 0.6 is 15.8 Å². The van der Waals surface area contributed by atoms with Crippen LogP contribution in [0.1, 0.15) is 39.8 Å². The molecule has 0 aliphatic heterocycles. The van der Waals surface area contributed by atoms with Crippen LogP contribution in [0.5, 0.6) is 0 Å². The van der Waals surface area contributed by atoms with E-state index in [1.165, 1.54) is 93.2 Å². The van der Waals surface area contributed by atoms with E-state index in [1.807, 2.05) is 18.2 Å². The third-order valence-electron chi connectivity index (χ3n) is 14.8. The second kappa shape index (κ2) is 24.5. The van der Waals surface area contributed by atoms with Crippen LogP contribution in [0.25, 0.3) is 49.7 Å². The number of nitrogens with zero attached hydrogens (tertiary/aromatic N) is 1. The molecule has 0 amide bonds. The van der Waals surface area contributed by atoms with Crippen molar-refractivity contribution in [2.24, 2.45) is 0 Å². The molecule has 5 heteroatoms. The van der Waals surface area contributed by atoms with Gasteiger partial charge in [-0.15, -0.1) is 35.4 Å². The summed E-state index contributed by atoms with van der Waals surface area (Å²) in [4.78, 5) is 0.